The molecule has 102 valence electrons. The number of thioether (sulfide) groups is 1. The molecule has 0 fully saturated rings. The van der Waals surface area contributed by atoms with Crippen molar-refractivity contribution in [2.75, 3.05) is 18.0 Å². The summed E-state index contributed by atoms with van der Waals surface area (Å²) in [5, 5.41) is 3.56. The smallest absolute Gasteiger partial charge is 0.0448 e. The summed E-state index contributed by atoms with van der Waals surface area (Å²) in [6.45, 7) is 9.89. The van der Waals surface area contributed by atoms with Gasteiger partial charge in [-0.2, -0.15) is 11.8 Å². The Morgan fingerprint density at radius 2 is 2.17 bits per heavy atom. The highest BCUT2D eigenvalue weighted by atomic mass is 32.2. The topological polar surface area (TPSA) is 50.9 Å². The molecule has 4 heteroatoms. The minimum Gasteiger partial charge on any atom is -0.398 e. The highest BCUT2D eigenvalue weighted by Crippen LogP contribution is 2.30. The molecule has 18 heavy (non-hydrogen) atoms. The average molecular weight is 267 g/mol. The van der Waals surface area contributed by atoms with E-state index in [0.717, 1.165) is 30.0 Å². The van der Waals surface area contributed by atoms with Crippen LogP contribution < -0.4 is 11.1 Å². The number of nitrogens with two attached hydrogens (primary N) is 1. The van der Waals surface area contributed by atoms with E-state index in [-0.39, 0.29) is 10.8 Å². The number of hydrogen-bond acceptors (Lipinski definition) is 4. The van der Waals surface area contributed by atoms with Crippen LogP contribution in [-0.2, 0) is 0 Å². The Kier molecular flexibility index (Phi) is 5.96. The van der Waals surface area contributed by atoms with Crippen LogP contribution in [0.1, 0.15) is 45.7 Å². The molecule has 3 nitrogen and oxygen atoms in total. The molecule has 0 radical (unpaired) electrons. The van der Waals surface area contributed by atoms with E-state index in [1.54, 1.807) is 6.20 Å². The number of aromatic nitrogens is 1. The largest absolute Gasteiger partial charge is 0.398 e. The third-order valence-corrected chi connectivity index (χ3v) is 3.95. The van der Waals surface area contributed by atoms with Crippen LogP contribution in [0, 0.1) is 0 Å². The molecule has 1 atom stereocenters. The first-order valence-electron chi connectivity index (χ1n) is 6.50. The molecule has 1 unspecified atom stereocenters. The minimum atomic E-state index is 0.267. The molecule has 0 bridgehead atoms. The first kappa shape index (κ1) is 15.3. The molecule has 1 rings (SSSR count). The summed E-state index contributed by atoms with van der Waals surface area (Å²) in [7, 11) is 0. The molecule has 0 amide bonds. The second-order valence-electron chi connectivity index (χ2n) is 5.43. The van der Waals surface area contributed by atoms with E-state index < -0.39 is 0 Å². The molecule has 0 aromatic carbocycles. The lowest BCUT2D eigenvalue weighted by Gasteiger charge is -2.24. The van der Waals surface area contributed by atoms with Crippen LogP contribution in [0.4, 0.5) is 5.69 Å². The van der Waals surface area contributed by atoms with Gasteiger partial charge in [-0.1, -0.05) is 27.7 Å². The summed E-state index contributed by atoms with van der Waals surface area (Å²) in [5.74, 6) is 1.01. The standard InChI is InChI=1S/C14H25N3S/c1-5-7-17-13(10-18-14(2,3)4)11-9-16-8-6-12(11)15/h6,8-9,13,17H,5,7,10H2,1-4H3,(H2,15,16). The van der Waals surface area contributed by atoms with Crippen LogP contribution in [0.15, 0.2) is 18.5 Å². The number of nitrogen functional groups attached to an aromatic ring is 1. The SMILES string of the molecule is CCCNC(CSC(C)(C)C)c1cnccc1N. The van der Waals surface area contributed by atoms with Crippen molar-refractivity contribution >= 4 is 17.4 Å². The maximum Gasteiger partial charge on any atom is 0.0448 e. The van der Waals surface area contributed by atoms with Gasteiger partial charge in [-0.05, 0) is 19.0 Å². The zero-order chi connectivity index (χ0) is 13.6. The Morgan fingerprint density at radius 1 is 1.44 bits per heavy atom. The number of hydrogen-bond donors (Lipinski definition) is 2. The van der Waals surface area contributed by atoms with Gasteiger partial charge in [0.15, 0.2) is 0 Å². The summed E-state index contributed by atoms with van der Waals surface area (Å²) in [4.78, 5) is 4.19. The molecule has 0 aliphatic heterocycles. The molecule has 0 aliphatic carbocycles. The van der Waals surface area contributed by atoms with Crippen molar-refractivity contribution in [1.82, 2.24) is 10.3 Å². The van der Waals surface area contributed by atoms with Crippen molar-refractivity contribution in [3.8, 4) is 0 Å². The van der Waals surface area contributed by atoms with Gasteiger partial charge < -0.3 is 11.1 Å². The van der Waals surface area contributed by atoms with Crippen molar-refractivity contribution in [2.45, 2.75) is 44.9 Å². The predicted molar refractivity (Wildman–Crippen MR) is 81.9 cm³/mol. The van der Waals surface area contributed by atoms with Crippen LogP contribution in [0.2, 0.25) is 0 Å². The van der Waals surface area contributed by atoms with E-state index in [0.29, 0.717) is 0 Å². The monoisotopic (exact) mass is 267 g/mol. The molecular formula is C14H25N3S. The van der Waals surface area contributed by atoms with Crippen molar-refractivity contribution in [2.24, 2.45) is 0 Å². The predicted octanol–water partition coefficient (Wildman–Crippen LogP) is 3.24. The Morgan fingerprint density at radius 3 is 2.72 bits per heavy atom. The van der Waals surface area contributed by atoms with Crippen LogP contribution >= 0.6 is 11.8 Å². The minimum absolute atomic E-state index is 0.267. The van der Waals surface area contributed by atoms with Gasteiger partial charge in [0.25, 0.3) is 0 Å². The van der Waals surface area contributed by atoms with Crippen LogP contribution in [0.25, 0.3) is 0 Å². The van der Waals surface area contributed by atoms with E-state index >= 15 is 0 Å². The molecule has 0 spiro atoms. The van der Waals surface area contributed by atoms with Gasteiger partial charge in [-0.3, -0.25) is 4.98 Å². The Bertz CT molecular complexity index is 360. The zero-order valence-corrected chi connectivity index (χ0v) is 12.7. The summed E-state index contributed by atoms with van der Waals surface area (Å²) in [5.41, 5.74) is 7.98. The fourth-order valence-electron chi connectivity index (χ4n) is 1.62. The fraction of sp³-hybridized carbons (Fsp3) is 0.643. The Hall–Kier alpha value is -0.740. The second kappa shape index (κ2) is 7.00. The number of nitrogens with one attached hydrogen (secondary N) is 1. The van der Waals surface area contributed by atoms with Crippen molar-refractivity contribution in [3.05, 3.63) is 24.0 Å². The lowest BCUT2D eigenvalue weighted by molar-refractivity contribution is 0.575. The normalized spacial score (nSPS) is 13.6. The molecule has 1 aromatic heterocycles. The highest BCUT2D eigenvalue weighted by molar-refractivity contribution is 8.00. The first-order chi connectivity index (χ1) is 8.44. The summed E-state index contributed by atoms with van der Waals surface area (Å²) in [6, 6.07) is 2.15. The van der Waals surface area contributed by atoms with Gasteiger partial charge in [0.05, 0.1) is 0 Å². The maximum atomic E-state index is 6.04. The Labute approximate surface area is 115 Å². The molecular weight excluding hydrogens is 242 g/mol. The number of pyridine rings is 1. The summed E-state index contributed by atoms with van der Waals surface area (Å²) in [6.07, 6.45) is 4.75. The molecule has 1 aromatic rings. The van der Waals surface area contributed by atoms with E-state index in [1.807, 2.05) is 24.0 Å². The third-order valence-electron chi connectivity index (χ3n) is 2.59. The molecule has 3 N–H and O–H groups in total. The van der Waals surface area contributed by atoms with E-state index in [4.69, 9.17) is 5.73 Å². The highest BCUT2D eigenvalue weighted by Gasteiger charge is 2.18. The average Bonchev–Trinajstić information content (AvgIpc) is 2.29. The molecule has 0 saturated carbocycles. The third kappa shape index (κ3) is 5.27. The number of nitrogens with zero attached hydrogens (tertiary/aromatic N) is 1. The maximum absolute atomic E-state index is 6.04. The number of rotatable bonds is 6. The zero-order valence-electron chi connectivity index (χ0n) is 11.9. The van der Waals surface area contributed by atoms with Gasteiger partial charge in [0, 0.05) is 40.2 Å². The van der Waals surface area contributed by atoms with Crippen molar-refractivity contribution in [1.29, 1.82) is 0 Å². The molecule has 1 heterocycles. The van der Waals surface area contributed by atoms with E-state index in [1.165, 1.54) is 0 Å². The lowest BCUT2D eigenvalue weighted by Crippen LogP contribution is -2.26. The van der Waals surface area contributed by atoms with E-state index in [9.17, 15) is 0 Å². The molecule has 0 saturated heterocycles. The Balaban J connectivity index is 2.75. The quantitative estimate of drug-likeness (QED) is 0.831. The van der Waals surface area contributed by atoms with E-state index in [2.05, 4.69) is 38.0 Å². The van der Waals surface area contributed by atoms with Crippen LogP contribution in [0.5, 0.6) is 0 Å². The first-order valence-corrected chi connectivity index (χ1v) is 7.49. The van der Waals surface area contributed by atoms with Crippen molar-refractivity contribution in [3.63, 3.8) is 0 Å². The van der Waals surface area contributed by atoms with Gasteiger partial charge >= 0.3 is 0 Å². The van der Waals surface area contributed by atoms with Gasteiger partial charge in [-0.25, -0.2) is 0 Å². The second-order valence-corrected chi connectivity index (χ2v) is 7.28. The van der Waals surface area contributed by atoms with Gasteiger partial charge in [0.1, 0.15) is 0 Å². The van der Waals surface area contributed by atoms with Crippen molar-refractivity contribution < 1.29 is 0 Å². The van der Waals surface area contributed by atoms with Gasteiger partial charge in [0.2, 0.25) is 0 Å². The number of anilines is 1. The van der Waals surface area contributed by atoms with Gasteiger partial charge in [-0.15, -0.1) is 0 Å². The molecule has 0 aliphatic rings. The van der Waals surface area contributed by atoms with Crippen LogP contribution in [0.3, 0.4) is 0 Å². The summed E-state index contributed by atoms with van der Waals surface area (Å²) >= 11 is 1.95. The lowest BCUT2D eigenvalue weighted by atomic mass is 10.1. The fourth-order valence-corrected chi connectivity index (χ4v) is 2.58. The summed E-state index contributed by atoms with van der Waals surface area (Å²) < 4.78 is 0.267. The van der Waals surface area contributed by atoms with Crippen LogP contribution in [-0.4, -0.2) is 22.0 Å².